The van der Waals surface area contributed by atoms with E-state index >= 15 is 0 Å². The molecule has 0 aliphatic heterocycles. The van der Waals surface area contributed by atoms with Gasteiger partial charge in [-0.05, 0) is 56.7 Å². The number of aryl methyl sites for hydroxylation is 3. The Kier molecular flexibility index (Phi) is 5.89. The Morgan fingerprint density at radius 3 is 2.67 bits per heavy atom. The molecule has 5 rings (SSSR count). The molecule has 3 aromatic heterocycles. The van der Waals surface area contributed by atoms with E-state index in [9.17, 15) is 14.0 Å². The number of nitrogens with one attached hydrogen (secondary N) is 1. The number of aromatic nitrogens is 4. The number of nitrogens with zero attached hydrogens (tertiary/aromatic N) is 4. The highest BCUT2D eigenvalue weighted by molar-refractivity contribution is 5.92. The average Bonchev–Trinajstić information content (AvgIpc) is 3.33. The van der Waals surface area contributed by atoms with Crippen LogP contribution in [0.25, 0.3) is 33.9 Å². The zero-order valence-corrected chi connectivity index (χ0v) is 19.9. The summed E-state index contributed by atoms with van der Waals surface area (Å²) >= 11 is 0. The summed E-state index contributed by atoms with van der Waals surface area (Å²) < 4.78 is 20.6. The summed E-state index contributed by atoms with van der Waals surface area (Å²) in [6.45, 7) is 5.61. The van der Waals surface area contributed by atoms with Gasteiger partial charge >= 0.3 is 0 Å². The van der Waals surface area contributed by atoms with Crippen LogP contribution >= 0.6 is 0 Å². The minimum Gasteiger partial charge on any atom is -0.333 e. The van der Waals surface area contributed by atoms with E-state index in [1.807, 2.05) is 32.0 Å². The first-order valence-corrected chi connectivity index (χ1v) is 11.3. The third-order valence-corrected chi connectivity index (χ3v) is 5.77. The van der Waals surface area contributed by atoms with Crippen LogP contribution in [0.2, 0.25) is 0 Å². The second kappa shape index (κ2) is 9.18. The number of hydrogen-bond donors (Lipinski definition) is 1. The van der Waals surface area contributed by atoms with Crippen LogP contribution in [0.15, 0.2) is 70.1 Å². The number of amides is 1. The number of carbonyl (C=O) groups excluding carboxylic acids is 1. The number of benzene rings is 2. The molecule has 0 fully saturated rings. The molecule has 3 heterocycles. The van der Waals surface area contributed by atoms with E-state index < -0.39 is 5.82 Å². The first kappa shape index (κ1) is 23.1. The lowest BCUT2D eigenvalue weighted by Crippen LogP contribution is -2.22. The van der Waals surface area contributed by atoms with E-state index in [0.29, 0.717) is 28.0 Å². The molecule has 180 valence electrons. The highest BCUT2D eigenvalue weighted by Crippen LogP contribution is 2.23. The van der Waals surface area contributed by atoms with Crippen molar-refractivity contribution in [2.45, 2.75) is 27.3 Å². The molecule has 0 aliphatic carbocycles. The smallest absolute Gasteiger partial charge is 0.263 e. The second-order valence-corrected chi connectivity index (χ2v) is 8.62. The van der Waals surface area contributed by atoms with Crippen LogP contribution in [-0.4, -0.2) is 25.6 Å². The third-order valence-electron chi connectivity index (χ3n) is 5.77. The van der Waals surface area contributed by atoms with Gasteiger partial charge in [0.1, 0.15) is 23.6 Å². The van der Waals surface area contributed by atoms with Gasteiger partial charge in [0.05, 0.1) is 5.39 Å². The van der Waals surface area contributed by atoms with Gasteiger partial charge in [-0.1, -0.05) is 35.0 Å². The monoisotopic (exact) mass is 483 g/mol. The van der Waals surface area contributed by atoms with Gasteiger partial charge in [-0.2, -0.15) is 4.98 Å². The molecule has 2 aromatic carbocycles. The standard InChI is InChI=1S/C27H22FN5O3/c1-15-7-10-22(16(2)11-15)30-23(34)14-33-13-21(24(35)20-9-8-17(3)29-26(20)33)27-31-25(32-36-27)18-5-4-6-19(28)12-18/h4-13H,14H2,1-3H3,(H,30,34). The summed E-state index contributed by atoms with van der Waals surface area (Å²) in [7, 11) is 0. The predicted molar refractivity (Wildman–Crippen MR) is 134 cm³/mol. The van der Waals surface area contributed by atoms with Gasteiger partial charge in [0, 0.05) is 23.1 Å². The van der Waals surface area contributed by atoms with E-state index in [4.69, 9.17) is 4.52 Å². The van der Waals surface area contributed by atoms with Crippen molar-refractivity contribution >= 4 is 22.6 Å². The Morgan fingerprint density at radius 1 is 1.06 bits per heavy atom. The molecule has 0 saturated heterocycles. The van der Waals surface area contributed by atoms with Gasteiger partial charge in [0.15, 0.2) is 0 Å². The molecule has 0 atom stereocenters. The highest BCUT2D eigenvalue weighted by Gasteiger charge is 2.19. The number of carbonyl (C=O) groups is 1. The molecule has 36 heavy (non-hydrogen) atoms. The average molecular weight is 484 g/mol. The molecule has 0 aliphatic rings. The maximum atomic E-state index is 13.6. The highest BCUT2D eigenvalue weighted by atomic mass is 19.1. The van der Waals surface area contributed by atoms with Gasteiger partial charge in [-0.3, -0.25) is 9.59 Å². The molecule has 1 N–H and O–H groups in total. The Labute approximate surface area is 205 Å². The summed E-state index contributed by atoms with van der Waals surface area (Å²) in [4.78, 5) is 35.1. The quantitative estimate of drug-likeness (QED) is 0.385. The Balaban J connectivity index is 1.55. The van der Waals surface area contributed by atoms with Crippen molar-refractivity contribution in [3.63, 3.8) is 0 Å². The van der Waals surface area contributed by atoms with Crippen LogP contribution in [-0.2, 0) is 11.3 Å². The molecule has 0 radical (unpaired) electrons. The first-order chi connectivity index (χ1) is 17.3. The van der Waals surface area contributed by atoms with Crippen molar-refractivity contribution in [2.75, 3.05) is 5.32 Å². The molecular weight excluding hydrogens is 461 g/mol. The lowest BCUT2D eigenvalue weighted by Gasteiger charge is -2.13. The van der Waals surface area contributed by atoms with Crippen LogP contribution in [0.4, 0.5) is 10.1 Å². The lowest BCUT2D eigenvalue weighted by molar-refractivity contribution is -0.116. The van der Waals surface area contributed by atoms with Crippen LogP contribution in [0, 0.1) is 26.6 Å². The zero-order chi connectivity index (χ0) is 25.4. The predicted octanol–water partition coefficient (Wildman–Crippen LogP) is 4.82. The minimum absolute atomic E-state index is 0.0368. The van der Waals surface area contributed by atoms with E-state index in [2.05, 4.69) is 20.4 Å². The van der Waals surface area contributed by atoms with Gasteiger partial charge in [-0.15, -0.1) is 0 Å². The van der Waals surface area contributed by atoms with Crippen molar-refractivity contribution < 1.29 is 13.7 Å². The van der Waals surface area contributed by atoms with Crippen LogP contribution in [0.1, 0.15) is 16.8 Å². The number of anilines is 1. The van der Waals surface area contributed by atoms with Crippen LogP contribution in [0.3, 0.4) is 0 Å². The summed E-state index contributed by atoms with van der Waals surface area (Å²) in [6, 6.07) is 14.9. The van der Waals surface area contributed by atoms with Crippen molar-refractivity contribution in [1.29, 1.82) is 0 Å². The minimum atomic E-state index is -0.441. The maximum absolute atomic E-state index is 13.6. The Hall–Kier alpha value is -4.66. The Bertz CT molecular complexity index is 1690. The van der Waals surface area contributed by atoms with Crippen molar-refractivity contribution in [3.05, 3.63) is 93.7 Å². The first-order valence-electron chi connectivity index (χ1n) is 11.3. The molecule has 0 spiro atoms. The number of halogens is 1. The summed E-state index contributed by atoms with van der Waals surface area (Å²) in [5.74, 6) is -0.620. The molecular formula is C27H22FN5O3. The summed E-state index contributed by atoms with van der Waals surface area (Å²) in [6.07, 6.45) is 1.49. The van der Waals surface area contributed by atoms with Gasteiger partial charge in [0.25, 0.3) is 5.89 Å². The zero-order valence-electron chi connectivity index (χ0n) is 19.9. The molecule has 0 unspecified atom stereocenters. The topological polar surface area (TPSA) is 103 Å². The maximum Gasteiger partial charge on any atom is 0.263 e. The normalized spacial score (nSPS) is 11.1. The number of hydrogen-bond acceptors (Lipinski definition) is 6. The van der Waals surface area contributed by atoms with E-state index in [0.717, 1.165) is 11.1 Å². The third kappa shape index (κ3) is 4.50. The lowest BCUT2D eigenvalue weighted by atomic mass is 10.1. The van der Waals surface area contributed by atoms with Gasteiger partial charge in [-0.25, -0.2) is 9.37 Å². The fraction of sp³-hybridized carbons (Fsp3) is 0.148. The van der Waals surface area contributed by atoms with E-state index in [1.54, 1.807) is 29.7 Å². The fourth-order valence-corrected chi connectivity index (χ4v) is 4.01. The largest absolute Gasteiger partial charge is 0.333 e. The second-order valence-electron chi connectivity index (χ2n) is 8.62. The molecule has 5 aromatic rings. The molecule has 8 nitrogen and oxygen atoms in total. The van der Waals surface area contributed by atoms with Crippen molar-refractivity contribution in [2.24, 2.45) is 0 Å². The molecule has 0 saturated carbocycles. The van der Waals surface area contributed by atoms with E-state index in [1.165, 1.54) is 24.4 Å². The van der Waals surface area contributed by atoms with Crippen LogP contribution in [0.5, 0.6) is 0 Å². The summed E-state index contributed by atoms with van der Waals surface area (Å²) in [5, 5.41) is 7.13. The Morgan fingerprint density at radius 2 is 1.89 bits per heavy atom. The molecule has 9 heteroatoms. The SMILES string of the molecule is Cc1ccc(NC(=O)Cn2cc(-c3nc(-c4cccc(F)c4)no3)c(=O)c3ccc(C)nc32)c(C)c1. The molecule has 1 amide bonds. The summed E-state index contributed by atoms with van der Waals surface area (Å²) in [5.41, 5.74) is 3.97. The van der Waals surface area contributed by atoms with Gasteiger partial charge < -0.3 is 14.4 Å². The van der Waals surface area contributed by atoms with Gasteiger partial charge in [0.2, 0.25) is 17.2 Å². The van der Waals surface area contributed by atoms with E-state index in [-0.39, 0.29) is 35.2 Å². The number of rotatable bonds is 5. The van der Waals surface area contributed by atoms with Crippen LogP contribution < -0.4 is 10.7 Å². The number of fused-ring (bicyclic) bond motifs is 1. The van der Waals surface area contributed by atoms with Crippen molar-refractivity contribution in [3.8, 4) is 22.8 Å². The fourth-order valence-electron chi connectivity index (χ4n) is 4.01. The van der Waals surface area contributed by atoms with Crippen molar-refractivity contribution in [1.82, 2.24) is 19.7 Å². The number of pyridine rings is 2. The molecule has 0 bridgehead atoms.